The third-order valence-electron chi connectivity index (χ3n) is 4.93. The lowest BCUT2D eigenvalue weighted by Crippen LogP contribution is -2.35. The van der Waals surface area contributed by atoms with Crippen molar-refractivity contribution in [3.63, 3.8) is 0 Å². The third kappa shape index (κ3) is 3.46. The van der Waals surface area contributed by atoms with Crippen molar-refractivity contribution in [3.8, 4) is 11.4 Å². The Balaban J connectivity index is 1.51. The molecule has 0 bridgehead atoms. The van der Waals surface area contributed by atoms with Crippen LogP contribution >= 0.6 is 0 Å². The summed E-state index contributed by atoms with van der Waals surface area (Å²) in [4.78, 5) is 18.5. The van der Waals surface area contributed by atoms with Gasteiger partial charge in [0.1, 0.15) is 5.60 Å². The largest absolute Gasteiger partial charge is 0.444 e. The second kappa shape index (κ2) is 6.61. The highest BCUT2D eigenvalue weighted by atomic mass is 16.6. The zero-order chi connectivity index (χ0) is 20.1. The van der Waals surface area contributed by atoms with Crippen LogP contribution < -0.4 is 0 Å². The highest BCUT2D eigenvalue weighted by Crippen LogP contribution is 2.30. The van der Waals surface area contributed by atoms with E-state index < -0.39 is 5.60 Å². The van der Waals surface area contributed by atoms with E-state index in [2.05, 4.69) is 15.2 Å². The molecule has 28 heavy (non-hydrogen) atoms. The van der Waals surface area contributed by atoms with Gasteiger partial charge in [0.25, 0.3) is 0 Å². The SMILES string of the molecule is Cc1nn(C)c2cc(-c3noc(C4CCN(C(=O)OC(C)(C)C)C4)n3)ccc12. The minimum atomic E-state index is -0.504. The Labute approximate surface area is 163 Å². The summed E-state index contributed by atoms with van der Waals surface area (Å²) in [5.74, 6) is 1.13. The van der Waals surface area contributed by atoms with Crippen LogP contribution in [0.4, 0.5) is 4.79 Å². The number of likely N-dealkylation sites (tertiary alicyclic amines) is 1. The van der Waals surface area contributed by atoms with E-state index >= 15 is 0 Å². The molecule has 3 heterocycles. The molecule has 0 saturated carbocycles. The van der Waals surface area contributed by atoms with Crippen molar-refractivity contribution >= 4 is 17.0 Å². The Morgan fingerprint density at radius 3 is 2.86 bits per heavy atom. The van der Waals surface area contributed by atoms with Gasteiger partial charge in [0.15, 0.2) is 0 Å². The van der Waals surface area contributed by atoms with Crippen LogP contribution in [-0.2, 0) is 11.8 Å². The smallest absolute Gasteiger partial charge is 0.410 e. The molecule has 1 fully saturated rings. The molecule has 1 atom stereocenters. The molecule has 1 aromatic carbocycles. The standard InChI is InChI=1S/C20H25N5O3/c1-12-15-7-6-13(10-16(15)24(5)22-12)17-21-18(28-23-17)14-8-9-25(11-14)19(26)27-20(2,3)4/h6-7,10,14H,8-9,11H2,1-5H3. The molecule has 148 valence electrons. The first kappa shape index (κ1) is 18.5. The number of fused-ring (bicyclic) bond motifs is 1. The van der Waals surface area contributed by atoms with E-state index in [0.717, 1.165) is 28.6 Å². The summed E-state index contributed by atoms with van der Waals surface area (Å²) >= 11 is 0. The molecule has 1 aliphatic rings. The average molecular weight is 383 g/mol. The molecule has 8 nitrogen and oxygen atoms in total. The molecule has 0 aliphatic carbocycles. The van der Waals surface area contributed by atoms with Crippen LogP contribution in [0.3, 0.4) is 0 Å². The van der Waals surface area contributed by atoms with Gasteiger partial charge in [-0.1, -0.05) is 17.3 Å². The van der Waals surface area contributed by atoms with Crippen LogP contribution in [0.5, 0.6) is 0 Å². The zero-order valence-corrected chi connectivity index (χ0v) is 16.9. The fraction of sp³-hybridized carbons (Fsp3) is 0.500. The Morgan fingerprint density at radius 1 is 1.32 bits per heavy atom. The van der Waals surface area contributed by atoms with E-state index in [9.17, 15) is 4.79 Å². The summed E-state index contributed by atoms with van der Waals surface area (Å²) in [6.07, 6.45) is 0.479. The number of aryl methyl sites for hydroxylation is 2. The Hall–Kier alpha value is -2.90. The van der Waals surface area contributed by atoms with Crippen molar-refractivity contribution in [3.05, 3.63) is 29.8 Å². The fourth-order valence-corrected chi connectivity index (χ4v) is 3.55. The fourth-order valence-electron chi connectivity index (χ4n) is 3.55. The van der Waals surface area contributed by atoms with Crippen molar-refractivity contribution < 1.29 is 14.1 Å². The van der Waals surface area contributed by atoms with E-state index in [-0.39, 0.29) is 12.0 Å². The maximum Gasteiger partial charge on any atom is 0.410 e. The predicted molar refractivity (Wildman–Crippen MR) is 104 cm³/mol. The van der Waals surface area contributed by atoms with Crippen molar-refractivity contribution in [2.45, 2.75) is 45.6 Å². The quantitative estimate of drug-likeness (QED) is 0.671. The van der Waals surface area contributed by atoms with Gasteiger partial charge in [0.05, 0.1) is 17.1 Å². The second-order valence-electron chi connectivity index (χ2n) is 8.31. The maximum atomic E-state index is 12.3. The van der Waals surface area contributed by atoms with Crippen LogP contribution in [0.2, 0.25) is 0 Å². The highest BCUT2D eigenvalue weighted by molar-refractivity contribution is 5.85. The molecule has 1 amide bonds. The van der Waals surface area contributed by atoms with Gasteiger partial charge < -0.3 is 14.2 Å². The van der Waals surface area contributed by atoms with Gasteiger partial charge >= 0.3 is 6.09 Å². The van der Waals surface area contributed by atoms with Crippen molar-refractivity contribution in [2.75, 3.05) is 13.1 Å². The molecule has 0 N–H and O–H groups in total. The monoisotopic (exact) mass is 383 g/mol. The number of carbonyl (C=O) groups is 1. The number of hydrogen-bond donors (Lipinski definition) is 0. The zero-order valence-electron chi connectivity index (χ0n) is 16.9. The number of rotatable bonds is 2. The topological polar surface area (TPSA) is 86.3 Å². The van der Waals surface area contributed by atoms with Gasteiger partial charge in [-0.25, -0.2) is 4.79 Å². The predicted octanol–water partition coefficient (Wildman–Crippen LogP) is 3.66. The molecule has 1 saturated heterocycles. The summed E-state index contributed by atoms with van der Waals surface area (Å²) in [5, 5.41) is 9.71. The second-order valence-corrected chi connectivity index (χ2v) is 8.31. The maximum absolute atomic E-state index is 12.3. The number of benzene rings is 1. The minimum absolute atomic E-state index is 0.0245. The number of carbonyl (C=O) groups excluding carboxylic acids is 1. The van der Waals surface area contributed by atoms with Gasteiger partial charge in [-0.2, -0.15) is 10.1 Å². The Morgan fingerprint density at radius 2 is 2.11 bits per heavy atom. The summed E-state index contributed by atoms with van der Waals surface area (Å²) in [6, 6.07) is 6.03. The Kier molecular flexibility index (Phi) is 4.36. The van der Waals surface area contributed by atoms with Gasteiger partial charge in [-0.05, 0) is 40.2 Å². The molecule has 1 aliphatic heterocycles. The third-order valence-corrected chi connectivity index (χ3v) is 4.93. The van der Waals surface area contributed by atoms with Gasteiger partial charge in [0, 0.05) is 31.1 Å². The first-order valence-corrected chi connectivity index (χ1v) is 9.46. The minimum Gasteiger partial charge on any atom is -0.444 e. The summed E-state index contributed by atoms with van der Waals surface area (Å²) in [6.45, 7) is 8.73. The summed E-state index contributed by atoms with van der Waals surface area (Å²) in [5.41, 5.74) is 2.40. The number of amides is 1. The van der Waals surface area contributed by atoms with E-state index in [4.69, 9.17) is 9.26 Å². The van der Waals surface area contributed by atoms with E-state index in [1.807, 2.05) is 57.6 Å². The molecule has 2 aromatic heterocycles. The molecule has 3 aromatic rings. The van der Waals surface area contributed by atoms with Gasteiger partial charge in [-0.15, -0.1) is 0 Å². The van der Waals surface area contributed by atoms with Crippen molar-refractivity contribution in [1.82, 2.24) is 24.8 Å². The van der Waals surface area contributed by atoms with E-state index in [0.29, 0.717) is 24.8 Å². The average Bonchev–Trinajstić information content (AvgIpc) is 3.33. The van der Waals surface area contributed by atoms with Crippen LogP contribution in [0, 0.1) is 6.92 Å². The first-order chi connectivity index (χ1) is 13.2. The van der Waals surface area contributed by atoms with E-state index in [1.165, 1.54) is 0 Å². The molecule has 4 rings (SSSR count). The number of nitrogens with zero attached hydrogens (tertiary/aromatic N) is 5. The van der Waals surface area contributed by atoms with Crippen molar-refractivity contribution in [2.24, 2.45) is 7.05 Å². The molecular formula is C20H25N5O3. The molecule has 1 unspecified atom stereocenters. The van der Waals surface area contributed by atoms with Crippen LogP contribution in [0.15, 0.2) is 22.7 Å². The number of ether oxygens (including phenoxy) is 1. The van der Waals surface area contributed by atoms with Gasteiger partial charge in [0.2, 0.25) is 11.7 Å². The molecule has 0 spiro atoms. The number of aromatic nitrogens is 4. The normalized spacial score (nSPS) is 17.5. The molecule has 8 heteroatoms. The lowest BCUT2D eigenvalue weighted by atomic mass is 10.1. The van der Waals surface area contributed by atoms with Crippen LogP contribution in [0.1, 0.15) is 44.7 Å². The van der Waals surface area contributed by atoms with Crippen molar-refractivity contribution in [1.29, 1.82) is 0 Å². The van der Waals surface area contributed by atoms with Crippen LogP contribution in [-0.4, -0.2) is 49.6 Å². The first-order valence-electron chi connectivity index (χ1n) is 9.46. The summed E-state index contributed by atoms with van der Waals surface area (Å²) < 4.78 is 12.8. The lowest BCUT2D eigenvalue weighted by molar-refractivity contribution is 0.0291. The molecule has 0 radical (unpaired) electrons. The van der Waals surface area contributed by atoms with Gasteiger partial charge in [-0.3, -0.25) is 4.68 Å². The highest BCUT2D eigenvalue weighted by Gasteiger charge is 2.33. The summed E-state index contributed by atoms with van der Waals surface area (Å²) in [7, 11) is 1.92. The van der Waals surface area contributed by atoms with E-state index in [1.54, 1.807) is 4.90 Å². The van der Waals surface area contributed by atoms with Crippen LogP contribution in [0.25, 0.3) is 22.3 Å². The Bertz CT molecular complexity index is 1030. The lowest BCUT2D eigenvalue weighted by Gasteiger charge is -2.24. The molecular weight excluding hydrogens is 358 g/mol. The number of hydrogen-bond acceptors (Lipinski definition) is 6.